The van der Waals surface area contributed by atoms with Crippen LogP contribution in [0, 0.1) is 0 Å². The molecule has 0 amide bonds. The minimum absolute atomic E-state index is 0.116. The fraction of sp³-hybridized carbons (Fsp3) is 0.571. The average molecular weight is 325 g/mol. The number of anilines is 1. The SMILES string of the molecule is COCCNCc1ccc(N(C)CCC(F)(F)F)c(Cl)c1. The Morgan fingerprint density at radius 3 is 2.62 bits per heavy atom. The lowest BCUT2D eigenvalue weighted by Gasteiger charge is -2.21. The maximum atomic E-state index is 12.2. The van der Waals surface area contributed by atoms with Crippen molar-refractivity contribution in [2.24, 2.45) is 0 Å². The average Bonchev–Trinajstić information content (AvgIpc) is 2.40. The van der Waals surface area contributed by atoms with Crippen molar-refractivity contribution in [1.29, 1.82) is 0 Å². The first-order chi connectivity index (χ1) is 9.83. The van der Waals surface area contributed by atoms with Crippen molar-refractivity contribution in [2.45, 2.75) is 19.1 Å². The van der Waals surface area contributed by atoms with Crippen LogP contribution < -0.4 is 10.2 Å². The molecule has 1 N–H and O–H groups in total. The fourth-order valence-electron chi connectivity index (χ4n) is 1.79. The van der Waals surface area contributed by atoms with Crippen molar-refractivity contribution >= 4 is 17.3 Å². The summed E-state index contributed by atoms with van der Waals surface area (Å²) in [6, 6.07) is 5.36. The molecule has 0 unspecified atom stereocenters. The third kappa shape index (κ3) is 7.02. The van der Waals surface area contributed by atoms with Crippen LogP contribution in [0.5, 0.6) is 0 Å². The monoisotopic (exact) mass is 324 g/mol. The largest absolute Gasteiger partial charge is 0.390 e. The highest BCUT2D eigenvalue weighted by Crippen LogP contribution is 2.28. The van der Waals surface area contributed by atoms with Gasteiger partial charge in [-0.2, -0.15) is 13.2 Å². The molecule has 0 fully saturated rings. The van der Waals surface area contributed by atoms with E-state index < -0.39 is 12.6 Å². The van der Waals surface area contributed by atoms with E-state index in [4.69, 9.17) is 16.3 Å². The van der Waals surface area contributed by atoms with E-state index in [9.17, 15) is 13.2 Å². The molecule has 0 heterocycles. The molecule has 0 aliphatic rings. The number of methoxy groups -OCH3 is 1. The van der Waals surface area contributed by atoms with Gasteiger partial charge in [-0.05, 0) is 17.7 Å². The second-order valence-corrected chi connectivity index (χ2v) is 5.15. The molecule has 0 radical (unpaired) electrons. The summed E-state index contributed by atoms with van der Waals surface area (Å²) in [5.74, 6) is 0. The summed E-state index contributed by atoms with van der Waals surface area (Å²) in [6.45, 7) is 1.86. The van der Waals surface area contributed by atoms with Crippen LogP contribution in [0.25, 0.3) is 0 Å². The highest BCUT2D eigenvalue weighted by Gasteiger charge is 2.27. The van der Waals surface area contributed by atoms with Crippen molar-refractivity contribution in [2.75, 3.05) is 38.8 Å². The first-order valence-electron chi connectivity index (χ1n) is 6.59. The highest BCUT2D eigenvalue weighted by atomic mass is 35.5. The molecule has 0 spiro atoms. The lowest BCUT2D eigenvalue weighted by Crippen LogP contribution is -2.24. The Morgan fingerprint density at radius 1 is 1.33 bits per heavy atom. The van der Waals surface area contributed by atoms with Gasteiger partial charge < -0.3 is 15.0 Å². The molecule has 1 aromatic carbocycles. The van der Waals surface area contributed by atoms with Gasteiger partial charge in [0, 0.05) is 33.8 Å². The van der Waals surface area contributed by atoms with Crippen LogP contribution >= 0.6 is 11.6 Å². The standard InChI is InChI=1S/C14H20ClF3N2O/c1-20(7-5-14(16,17)18)13-4-3-11(9-12(13)15)10-19-6-8-21-2/h3-4,9,19H,5-8,10H2,1-2H3. The van der Waals surface area contributed by atoms with E-state index in [-0.39, 0.29) is 6.54 Å². The van der Waals surface area contributed by atoms with E-state index in [2.05, 4.69) is 5.32 Å². The highest BCUT2D eigenvalue weighted by molar-refractivity contribution is 6.33. The summed E-state index contributed by atoms with van der Waals surface area (Å²) >= 11 is 6.14. The normalized spacial score (nSPS) is 11.7. The molecular formula is C14H20ClF3N2O. The van der Waals surface area contributed by atoms with Gasteiger partial charge in [-0.25, -0.2) is 0 Å². The molecule has 1 aromatic rings. The zero-order valence-electron chi connectivity index (χ0n) is 12.1. The van der Waals surface area contributed by atoms with Crippen LogP contribution in [0.1, 0.15) is 12.0 Å². The van der Waals surface area contributed by atoms with E-state index in [0.717, 1.165) is 12.1 Å². The van der Waals surface area contributed by atoms with E-state index in [1.54, 1.807) is 26.3 Å². The van der Waals surface area contributed by atoms with Crippen LogP contribution in [0.4, 0.5) is 18.9 Å². The Bertz CT molecular complexity index is 441. The summed E-state index contributed by atoms with van der Waals surface area (Å²) < 4.78 is 41.6. The number of ether oxygens (including phenoxy) is 1. The van der Waals surface area contributed by atoms with E-state index in [0.29, 0.717) is 23.9 Å². The number of nitrogens with one attached hydrogen (secondary N) is 1. The first-order valence-corrected chi connectivity index (χ1v) is 6.97. The molecule has 120 valence electrons. The molecule has 1 rings (SSSR count). The topological polar surface area (TPSA) is 24.5 Å². The maximum Gasteiger partial charge on any atom is 0.390 e. The molecule has 0 atom stereocenters. The van der Waals surface area contributed by atoms with E-state index in [1.165, 1.54) is 4.90 Å². The zero-order valence-corrected chi connectivity index (χ0v) is 12.9. The number of alkyl halides is 3. The Hall–Kier alpha value is -0.980. The van der Waals surface area contributed by atoms with Gasteiger partial charge in [0.25, 0.3) is 0 Å². The Labute approximate surface area is 128 Å². The van der Waals surface area contributed by atoms with Crippen LogP contribution in [0.15, 0.2) is 18.2 Å². The second-order valence-electron chi connectivity index (χ2n) is 4.74. The predicted octanol–water partition coefficient (Wildman–Crippen LogP) is 3.46. The van der Waals surface area contributed by atoms with Gasteiger partial charge >= 0.3 is 6.18 Å². The van der Waals surface area contributed by atoms with Crippen LogP contribution in [-0.4, -0.2) is 40.0 Å². The number of nitrogens with zero attached hydrogens (tertiary/aromatic N) is 1. The molecule has 0 aliphatic heterocycles. The van der Waals surface area contributed by atoms with Crippen molar-refractivity contribution in [3.05, 3.63) is 28.8 Å². The molecular weight excluding hydrogens is 305 g/mol. The third-order valence-corrected chi connectivity index (χ3v) is 3.27. The van der Waals surface area contributed by atoms with E-state index >= 15 is 0 Å². The summed E-state index contributed by atoms with van der Waals surface area (Å²) in [7, 11) is 3.23. The Balaban J connectivity index is 2.56. The first kappa shape index (κ1) is 18.1. The summed E-state index contributed by atoms with van der Waals surface area (Å²) in [6.07, 6.45) is -5.02. The van der Waals surface area contributed by atoms with Gasteiger partial charge in [-0.1, -0.05) is 17.7 Å². The molecule has 0 bridgehead atoms. The van der Waals surface area contributed by atoms with Crippen molar-refractivity contribution < 1.29 is 17.9 Å². The minimum Gasteiger partial charge on any atom is -0.383 e. The summed E-state index contributed by atoms with van der Waals surface area (Å²) in [4.78, 5) is 1.51. The quantitative estimate of drug-likeness (QED) is 0.741. The van der Waals surface area contributed by atoms with Crippen LogP contribution in [0.2, 0.25) is 5.02 Å². The molecule has 21 heavy (non-hydrogen) atoms. The molecule has 0 aliphatic carbocycles. The predicted molar refractivity (Wildman–Crippen MR) is 79.0 cm³/mol. The van der Waals surface area contributed by atoms with Crippen molar-refractivity contribution in [1.82, 2.24) is 5.32 Å². The zero-order chi connectivity index (χ0) is 15.9. The lowest BCUT2D eigenvalue weighted by atomic mass is 10.2. The van der Waals surface area contributed by atoms with E-state index in [1.807, 2.05) is 6.07 Å². The molecule has 3 nitrogen and oxygen atoms in total. The van der Waals surface area contributed by atoms with Gasteiger partial charge in [-0.15, -0.1) is 0 Å². The van der Waals surface area contributed by atoms with Crippen molar-refractivity contribution in [3.8, 4) is 0 Å². The van der Waals surface area contributed by atoms with Crippen molar-refractivity contribution in [3.63, 3.8) is 0 Å². The molecule has 7 heteroatoms. The molecule has 0 saturated heterocycles. The smallest absolute Gasteiger partial charge is 0.383 e. The number of halogens is 4. The number of rotatable bonds is 8. The minimum atomic E-state index is -4.16. The summed E-state index contributed by atoms with van der Waals surface area (Å²) in [5, 5.41) is 3.63. The molecule has 0 aromatic heterocycles. The molecule has 0 saturated carbocycles. The van der Waals surface area contributed by atoms with Gasteiger partial charge in [0.05, 0.1) is 23.7 Å². The van der Waals surface area contributed by atoms with Gasteiger partial charge in [0.2, 0.25) is 0 Å². The van der Waals surface area contributed by atoms with Crippen LogP contribution in [-0.2, 0) is 11.3 Å². The number of hydrogen-bond donors (Lipinski definition) is 1. The maximum absolute atomic E-state index is 12.2. The Kier molecular flexibility index (Phi) is 7.28. The summed E-state index contributed by atoms with van der Waals surface area (Å²) in [5.41, 5.74) is 1.57. The van der Waals surface area contributed by atoms with Crippen LogP contribution in [0.3, 0.4) is 0 Å². The van der Waals surface area contributed by atoms with Gasteiger partial charge in [0.1, 0.15) is 0 Å². The van der Waals surface area contributed by atoms with Gasteiger partial charge in [0.15, 0.2) is 0 Å². The second kappa shape index (κ2) is 8.46. The number of hydrogen-bond acceptors (Lipinski definition) is 3. The number of benzene rings is 1. The third-order valence-electron chi connectivity index (χ3n) is 2.97. The Morgan fingerprint density at radius 2 is 2.05 bits per heavy atom. The lowest BCUT2D eigenvalue weighted by molar-refractivity contribution is -0.132. The van der Waals surface area contributed by atoms with Gasteiger partial charge in [-0.3, -0.25) is 0 Å². The fourth-order valence-corrected chi connectivity index (χ4v) is 2.14.